The Morgan fingerprint density at radius 3 is 1.57 bits per heavy atom. The molecule has 12 aromatic carbocycles. The summed E-state index contributed by atoms with van der Waals surface area (Å²) in [5, 5.41) is 14.7. The molecule has 0 fully saturated rings. The molecule has 1 aromatic heterocycles. The summed E-state index contributed by atoms with van der Waals surface area (Å²) in [6.07, 6.45) is 0. The summed E-state index contributed by atoms with van der Waals surface area (Å²) < 4.78 is 9.90. The lowest BCUT2D eigenvalue weighted by molar-refractivity contribution is 0.489. The van der Waals surface area contributed by atoms with Crippen LogP contribution in [0.15, 0.2) is 237 Å². The van der Waals surface area contributed by atoms with Crippen LogP contribution in [0.3, 0.4) is 0 Å². The fourth-order valence-corrected chi connectivity index (χ4v) is 13.6. The van der Waals surface area contributed by atoms with Crippen molar-refractivity contribution in [2.45, 2.75) is 19.3 Å². The molecule has 0 saturated carbocycles. The van der Waals surface area contributed by atoms with Crippen molar-refractivity contribution >= 4 is 102 Å². The summed E-state index contributed by atoms with van der Waals surface area (Å²) in [5.74, 6) is 1.66. The Bertz CT molecular complexity index is 4540. The van der Waals surface area contributed by atoms with Crippen LogP contribution in [0.1, 0.15) is 25.0 Å². The lowest BCUT2D eigenvalue weighted by atomic mass is 9.82. The van der Waals surface area contributed by atoms with Crippen LogP contribution in [-0.2, 0) is 5.41 Å². The normalized spacial score (nSPS) is 13.1. The second-order valence-electron chi connectivity index (χ2n) is 19.9. The number of anilines is 3. The highest BCUT2D eigenvalue weighted by molar-refractivity contribution is 7.26. The summed E-state index contributed by atoms with van der Waals surface area (Å²) in [4.78, 5) is 2.46. The van der Waals surface area contributed by atoms with Crippen LogP contribution in [0, 0.1) is 0 Å². The molecule has 1 aliphatic carbocycles. The minimum Gasteiger partial charge on any atom is -0.454 e. The van der Waals surface area contributed by atoms with E-state index in [1.54, 1.807) is 0 Å². The molecule has 2 heterocycles. The SMILES string of the molecule is CC1(C)c2ccccc2-c2ccc(N(c3ccc4c5ccccc5c5ccccc5c5ccccc5c5c(ccc6c7ccccc7sc65)c4c3)c3cccc4c3Oc3ccccc3-c3ccccc3-4)cc21. The van der Waals surface area contributed by atoms with E-state index in [1.165, 1.54) is 96.3 Å². The van der Waals surface area contributed by atoms with Gasteiger partial charge < -0.3 is 9.64 Å². The van der Waals surface area contributed by atoms with Gasteiger partial charge in [0.2, 0.25) is 0 Å². The van der Waals surface area contributed by atoms with E-state index in [1.807, 2.05) is 11.3 Å². The van der Waals surface area contributed by atoms with Crippen LogP contribution in [-0.4, -0.2) is 0 Å². The number of nitrogens with zero attached hydrogens (tertiary/aromatic N) is 1. The van der Waals surface area contributed by atoms with Gasteiger partial charge >= 0.3 is 0 Å². The topological polar surface area (TPSA) is 12.5 Å². The smallest absolute Gasteiger partial charge is 0.159 e. The van der Waals surface area contributed by atoms with Gasteiger partial charge in [-0.15, -0.1) is 11.3 Å². The van der Waals surface area contributed by atoms with Gasteiger partial charge in [0.1, 0.15) is 5.75 Å². The van der Waals surface area contributed by atoms with E-state index >= 15 is 0 Å². The van der Waals surface area contributed by atoms with Crippen molar-refractivity contribution in [1.29, 1.82) is 0 Å². The van der Waals surface area contributed by atoms with E-state index in [4.69, 9.17) is 4.74 Å². The maximum Gasteiger partial charge on any atom is 0.159 e. The van der Waals surface area contributed by atoms with Gasteiger partial charge in [-0.25, -0.2) is 0 Å². The molecule has 0 unspecified atom stereocenters. The van der Waals surface area contributed by atoms with Gasteiger partial charge in [-0.05, 0) is 124 Å². The highest BCUT2D eigenvalue weighted by Gasteiger charge is 2.36. The van der Waals surface area contributed by atoms with E-state index < -0.39 is 0 Å². The van der Waals surface area contributed by atoms with Crippen LogP contribution < -0.4 is 9.64 Å². The summed E-state index contributed by atoms with van der Waals surface area (Å²) in [6, 6.07) is 87.7. The fraction of sp³-hybridized carbons (Fsp3) is 0.0435. The van der Waals surface area contributed by atoms with Crippen molar-refractivity contribution in [3.63, 3.8) is 0 Å². The number of ether oxygens (including phenoxy) is 1. The first kappa shape index (κ1) is 41.1. The molecule has 0 amide bonds. The lowest BCUT2D eigenvalue weighted by Gasteiger charge is -2.30. The van der Waals surface area contributed by atoms with Gasteiger partial charge in [0.25, 0.3) is 0 Å². The molecule has 1 aliphatic heterocycles. The van der Waals surface area contributed by atoms with Crippen molar-refractivity contribution in [3.8, 4) is 44.9 Å². The Hall–Kier alpha value is -8.76. The average Bonchev–Trinajstić information content (AvgIpc) is 3.87. The number of hydrogen-bond acceptors (Lipinski definition) is 3. The quantitative estimate of drug-likeness (QED) is 0.175. The third-order valence-corrected chi connectivity index (χ3v) is 16.9. The van der Waals surface area contributed by atoms with Crippen molar-refractivity contribution in [3.05, 3.63) is 248 Å². The van der Waals surface area contributed by atoms with Crippen molar-refractivity contribution < 1.29 is 4.74 Å². The van der Waals surface area contributed by atoms with E-state index in [9.17, 15) is 0 Å². The Morgan fingerprint density at radius 2 is 0.833 bits per heavy atom. The number of rotatable bonds is 3. The first-order valence-corrected chi connectivity index (χ1v) is 25.7. The molecule has 72 heavy (non-hydrogen) atoms. The molecular weight excluding hydrogens is 891 g/mol. The molecule has 0 spiro atoms. The molecule has 13 aromatic rings. The van der Waals surface area contributed by atoms with Crippen LogP contribution in [0.25, 0.3) is 107 Å². The van der Waals surface area contributed by atoms with E-state index in [2.05, 4.69) is 255 Å². The molecule has 338 valence electrons. The van der Waals surface area contributed by atoms with Crippen LogP contribution in [0.5, 0.6) is 11.5 Å². The van der Waals surface area contributed by atoms with E-state index in [0.29, 0.717) is 0 Å². The highest BCUT2D eigenvalue weighted by Crippen LogP contribution is 2.55. The Morgan fingerprint density at radius 1 is 0.347 bits per heavy atom. The predicted octanol–water partition coefficient (Wildman–Crippen LogP) is 20.2. The van der Waals surface area contributed by atoms with Crippen LogP contribution >= 0.6 is 11.3 Å². The molecule has 0 atom stereocenters. The number of hydrogen-bond donors (Lipinski definition) is 0. The number of thiophene rings is 1. The van der Waals surface area contributed by atoms with Gasteiger partial charge in [-0.2, -0.15) is 0 Å². The summed E-state index contributed by atoms with van der Waals surface area (Å²) in [5.41, 5.74) is 12.6. The lowest BCUT2D eigenvalue weighted by Crippen LogP contribution is -2.17. The fourth-order valence-electron chi connectivity index (χ4n) is 12.4. The van der Waals surface area contributed by atoms with Crippen molar-refractivity contribution in [2.75, 3.05) is 4.90 Å². The van der Waals surface area contributed by atoms with Gasteiger partial charge in [0.05, 0.1) is 5.69 Å². The highest BCUT2D eigenvalue weighted by atomic mass is 32.1. The van der Waals surface area contributed by atoms with Gasteiger partial charge in [0.15, 0.2) is 5.75 Å². The summed E-state index contributed by atoms with van der Waals surface area (Å²) >= 11 is 1.90. The summed E-state index contributed by atoms with van der Waals surface area (Å²) in [6.45, 7) is 4.74. The maximum absolute atomic E-state index is 7.32. The Balaban J connectivity index is 1.11. The van der Waals surface area contributed by atoms with Crippen molar-refractivity contribution in [2.24, 2.45) is 0 Å². The third-order valence-electron chi connectivity index (χ3n) is 15.7. The van der Waals surface area contributed by atoms with Gasteiger partial charge in [-0.1, -0.05) is 208 Å². The molecular formula is C69H45NOS. The van der Waals surface area contributed by atoms with E-state index in [-0.39, 0.29) is 5.41 Å². The molecule has 2 nitrogen and oxygen atoms in total. The predicted molar refractivity (Wildman–Crippen MR) is 308 cm³/mol. The standard InChI is InChI=1S/C69H45NOS/c1-69(2)61-30-14-11-25-52(61)53-37-35-43(41-62(53)69)70(63-31-17-29-58-50-24-8-7-22-48(50)54-26-12-15-32-64(54)71-67(58)63)42-34-36-51-47-21-6-4-19-45(47)44-18-3-5-20-46(44)49-23-9-10-28-56(49)66-57(60(51)40-42)38-39-59-55-27-13-16-33-65(55)72-68(59)66/h3-41H,1-2H3. The second-order valence-corrected chi connectivity index (χ2v) is 20.9. The number of para-hydroxylation sites is 2. The van der Waals surface area contributed by atoms with Crippen LogP contribution in [0.4, 0.5) is 17.1 Å². The zero-order chi connectivity index (χ0) is 47.7. The molecule has 2 aliphatic rings. The maximum atomic E-state index is 7.32. The first-order chi connectivity index (χ1) is 35.5. The largest absolute Gasteiger partial charge is 0.454 e. The Kier molecular flexibility index (Phi) is 8.91. The number of benzene rings is 11. The average molecular weight is 936 g/mol. The second kappa shape index (κ2) is 15.6. The van der Waals surface area contributed by atoms with Crippen molar-refractivity contribution in [1.82, 2.24) is 0 Å². The zero-order valence-electron chi connectivity index (χ0n) is 39.8. The van der Waals surface area contributed by atoms with Crippen LogP contribution in [0.2, 0.25) is 0 Å². The molecule has 3 heteroatoms. The molecule has 0 bridgehead atoms. The van der Waals surface area contributed by atoms with E-state index in [0.717, 1.165) is 50.8 Å². The Labute approximate surface area is 421 Å². The molecule has 0 radical (unpaired) electrons. The third kappa shape index (κ3) is 5.95. The van der Waals surface area contributed by atoms with Gasteiger partial charge in [-0.3, -0.25) is 0 Å². The molecule has 15 rings (SSSR count). The monoisotopic (exact) mass is 935 g/mol. The first-order valence-electron chi connectivity index (χ1n) is 24.9. The minimum absolute atomic E-state index is 0.208. The summed E-state index contributed by atoms with van der Waals surface area (Å²) in [7, 11) is 0. The molecule has 0 N–H and O–H groups in total. The minimum atomic E-state index is -0.208. The van der Waals surface area contributed by atoms with Gasteiger partial charge in [0, 0.05) is 53.5 Å². The molecule has 0 saturated heterocycles. The zero-order valence-corrected chi connectivity index (χ0v) is 40.6. The number of fused-ring (bicyclic) bond motifs is 22.